The number of halogens is 2. The van der Waals surface area contributed by atoms with E-state index < -0.39 is 23.3 Å². The Morgan fingerprint density at radius 2 is 1.73 bits per heavy atom. The smallest absolute Gasteiger partial charge is 0.0619 e. The number of rotatable bonds is 1. The van der Waals surface area contributed by atoms with Gasteiger partial charge in [-0.15, -0.1) is 0 Å². The summed E-state index contributed by atoms with van der Waals surface area (Å²) < 4.78 is 26.7. The first kappa shape index (κ1) is 11.1. The first-order valence-corrected chi connectivity index (χ1v) is 8.83. The van der Waals surface area contributed by atoms with E-state index in [0.717, 1.165) is 5.30 Å². The molecule has 15 heavy (non-hydrogen) atoms. The Morgan fingerprint density at radius 1 is 1.00 bits per heavy atom. The van der Waals surface area contributed by atoms with Crippen molar-refractivity contribution in [2.75, 3.05) is 6.16 Å². The molecule has 0 aliphatic carbocycles. The first-order chi connectivity index (χ1) is 7.25. The SMILES string of the molecule is F[P+]1=CC[P+](F)=C[P+](c2ccccc2)=C1. The maximum Gasteiger partial charge on any atom is 0.392 e. The van der Waals surface area contributed by atoms with Gasteiger partial charge in [-0.1, -0.05) is 18.2 Å². The Balaban J connectivity index is 2.44. The summed E-state index contributed by atoms with van der Waals surface area (Å²) in [6.45, 7) is 0. The van der Waals surface area contributed by atoms with Crippen molar-refractivity contribution >= 4 is 45.4 Å². The number of hydrogen-bond donors (Lipinski definition) is 0. The van der Waals surface area contributed by atoms with Gasteiger partial charge in [0.05, 0.1) is 0 Å². The molecule has 0 bridgehead atoms. The highest BCUT2D eigenvalue weighted by Crippen LogP contribution is 2.39. The van der Waals surface area contributed by atoms with E-state index in [-0.39, 0.29) is 6.16 Å². The summed E-state index contributed by atoms with van der Waals surface area (Å²) in [6, 6.07) is 9.62. The Kier molecular flexibility index (Phi) is 3.76. The lowest BCUT2D eigenvalue weighted by molar-refractivity contribution is 0.916. The van der Waals surface area contributed by atoms with E-state index >= 15 is 0 Å². The van der Waals surface area contributed by atoms with Crippen LogP contribution in [0, 0.1) is 0 Å². The zero-order valence-corrected chi connectivity index (χ0v) is 10.6. The number of hydrogen-bond acceptors (Lipinski definition) is 0. The molecule has 1 aromatic carbocycles. The molecule has 1 aliphatic heterocycles. The van der Waals surface area contributed by atoms with Crippen LogP contribution < -0.4 is 5.30 Å². The Bertz CT molecular complexity index is 449. The topological polar surface area (TPSA) is 0 Å². The van der Waals surface area contributed by atoms with Crippen molar-refractivity contribution in [3.8, 4) is 0 Å². The van der Waals surface area contributed by atoms with Gasteiger partial charge >= 0.3 is 26.8 Å². The third-order valence-corrected chi connectivity index (χ3v) is 8.09. The van der Waals surface area contributed by atoms with Crippen molar-refractivity contribution in [2.45, 2.75) is 0 Å². The fourth-order valence-electron chi connectivity index (χ4n) is 1.27. The van der Waals surface area contributed by atoms with Gasteiger partial charge < -0.3 is 0 Å². The fraction of sp³-hybridized carbons (Fsp3) is 0.100. The molecule has 0 aromatic heterocycles. The zero-order valence-electron chi connectivity index (χ0n) is 7.92. The Morgan fingerprint density at radius 3 is 2.47 bits per heavy atom. The van der Waals surface area contributed by atoms with Gasteiger partial charge in [-0.05, 0) is 12.1 Å². The van der Waals surface area contributed by atoms with Crippen LogP contribution in [0.4, 0.5) is 8.39 Å². The predicted octanol–water partition coefficient (Wildman–Crippen LogP) is 3.86. The summed E-state index contributed by atoms with van der Waals surface area (Å²) in [5.41, 5.74) is 3.39. The van der Waals surface area contributed by atoms with Crippen LogP contribution in [0.3, 0.4) is 0 Å². The number of benzene rings is 1. The molecule has 2 rings (SSSR count). The van der Waals surface area contributed by atoms with E-state index in [1.165, 1.54) is 5.80 Å². The van der Waals surface area contributed by atoms with Gasteiger partial charge in [-0.25, -0.2) is 0 Å². The van der Waals surface area contributed by atoms with Gasteiger partial charge in [0.1, 0.15) is 0 Å². The summed E-state index contributed by atoms with van der Waals surface area (Å²) in [5.74, 6) is 1.49. The Hall–Kier alpha value is -0.410. The molecule has 0 fully saturated rings. The summed E-state index contributed by atoms with van der Waals surface area (Å²) in [4.78, 5) is 0. The molecule has 0 amide bonds. The monoisotopic (exact) mass is 261 g/mol. The molecule has 1 aromatic rings. The van der Waals surface area contributed by atoms with Crippen LogP contribution in [0.15, 0.2) is 30.3 Å². The van der Waals surface area contributed by atoms with Gasteiger partial charge in [-0.2, -0.15) is 0 Å². The van der Waals surface area contributed by atoms with E-state index in [1.807, 2.05) is 30.3 Å². The lowest BCUT2D eigenvalue weighted by Gasteiger charge is -1.83. The zero-order chi connectivity index (χ0) is 10.7. The molecule has 0 spiro atoms. The first-order valence-electron chi connectivity index (χ1n) is 4.49. The van der Waals surface area contributed by atoms with Crippen LogP contribution in [0.1, 0.15) is 0 Å². The van der Waals surface area contributed by atoms with Gasteiger partial charge in [0.25, 0.3) is 7.55 Å². The minimum atomic E-state index is -1.68. The summed E-state index contributed by atoms with van der Waals surface area (Å²) in [7, 11) is -4.14. The van der Waals surface area contributed by atoms with Gasteiger partial charge in [-0.3, -0.25) is 0 Å². The van der Waals surface area contributed by atoms with Gasteiger partial charge in [0, 0.05) is 8.39 Å². The highest BCUT2D eigenvalue weighted by Gasteiger charge is 2.31. The molecule has 0 saturated heterocycles. The molecular weight excluding hydrogens is 251 g/mol. The molecule has 0 radical (unpaired) electrons. The molecule has 5 heteroatoms. The van der Waals surface area contributed by atoms with E-state index in [0.29, 0.717) is 0 Å². The van der Waals surface area contributed by atoms with E-state index in [2.05, 4.69) is 0 Å². The second-order valence-electron chi connectivity index (χ2n) is 3.08. The average molecular weight is 261 g/mol. The molecule has 1 heterocycles. The summed E-state index contributed by atoms with van der Waals surface area (Å²) >= 11 is 0. The highest BCUT2D eigenvalue weighted by molar-refractivity contribution is 7.98. The van der Waals surface area contributed by atoms with Crippen LogP contribution in [-0.4, -0.2) is 23.0 Å². The summed E-state index contributed by atoms with van der Waals surface area (Å²) in [5, 5.41) is 1.04. The van der Waals surface area contributed by atoms with Crippen molar-refractivity contribution in [2.24, 2.45) is 0 Å². The molecule has 1 aliphatic rings. The van der Waals surface area contributed by atoms with Gasteiger partial charge in [0.15, 0.2) is 11.1 Å². The highest BCUT2D eigenvalue weighted by atomic mass is 31.2. The minimum absolute atomic E-state index is 0.277. The van der Waals surface area contributed by atoms with Crippen molar-refractivity contribution in [3.63, 3.8) is 0 Å². The molecule has 3 unspecified atom stereocenters. The molecule has 0 saturated carbocycles. The largest absolute Gasteiger partial charge is 0.392 e. The molecule has 76 valence electrons. The van der Waals surface area contributed by atoms with Crippen molar-refractivity contribution in [1.29, 1.82) is 0 Å². The van der Waals surface area contributed by atoms with Gasteiger partial charge in [0.2, 0.25) is 6.16 Å². The Labute approximate surface area is 90.7 Å². The van der Waals surface area contributed by atoms with E-state index in [1.54, 1.807) is 11.1 Å². The fourth-order valence-corrected chi connectivity index (χ4v) is 7.66. The van der Waals surface area contributed by atoms with Crippen LogP contribution >= 0.6 is 23.3 Å². The van der Waals surface area contributed by atoms with Crippen molar-refractivity contribution in [3.05, 3.63) is 30.3 Å². The third-order valence-electron chi connectivity index (χ3n) is 1.97. The standard InChI is InChI=1S/C10H10F2P3/c11-14-6-7-15(12)9-13(8-14)10-4-2-1-3-5-10/h1-6,8-9H,7H2/q+3. The third kappa shape index (κ3) is 3.02. The second-order valence-corrected chi connectivity index (χ2v) is 8.48. The van der Waals surface area contributed by atoms with Crippen molar-refractivity contribution in [1.82, 2.24) is 0 Å². The molecule has 3 atom stereocenters. The summed E-state index contributed by atoms with van der Waals surface area (Å²) in [6.07, 6.45) is 0.277. The van der Waals surface area contributed by atoms with Crippen LogP contribution in [-0.2, 0) is 0 Å². The lowest BCUT2D eigenvalue weighted by Crippen LogP contribution is -1.94. The molecular formula is C10H10F2P3+3. The van der Waals surface area contributed by atoms with Crippen LogP contribution in [0.5, 0.6) is 0 Å². The molecule has 0 nitrogen and oxygen atoms in total. The van der Waals surface area contributed by atoms with Crippen LogP contribution in [0.2, 0.25) is 0 Å². The average Bonchev–Trinajstić information content (AvgIpc) is 2.42. The minimum Gasteiger partial charge on any atom is -0.0619 e. The normalized spacial score (nSPS) is 23.5. The maximum atomic E-state index is 13.4. The predicted molar refractivity (Wildman–Crippen MR) is 72.1 cm³/mol. The van der Waals surface area contributed by atoms with Crippen LogP contribution in [0.25, 0.3) is 0 Å². The second kappa shape index (κ2) is 5.08. The van der Waals surface area contributed by atoms with E-state index in [9.17, 15) is 8.39 Å². The van der Waals surface area contributed by atoms with E-state index in [4.69, 9.17) is 0 Å². The quantitative estimate of drug-likeness (QED) is 0.673. The molecule has 0 N–H and O–H groups in total. The van der Waals surface area contributed by atoms with Crippen molar-refractivity contribution < 1.29 is 8.39 Å². The maximum absolute atomic E-state index is 13.4. The lowest BCUT2D eigenvalue weighted by atomic mass is 10.4.